The van der Waals surface area contributed by atoms with E-state index in [0.29, 0.717) is 12.1 Å². The molecule has 13 nitrogen and oxygen atoms in total. The van der Waals surface area contributed by atoms with Gasteiger partial charge < -0.3 is 36.4 Å². The summed E-state index contributed by atoms with van der Waals surface area (Å²) in [4.78, 5) is 11.6. The van der Waals surface area contributed by atoms with Crippen LogP contribution >= 0.6 is 0 Å². The third-order valence-electron chi connectivity index (χ3n) is 4.32. The highest BCUT2D eigenvalue weighted by atomic mass is 32.2. The zero-order valence-corrected chi connectivity index (χ0v) is 19.7. The van der Waals surface area contributed by atoms with Gasteiger partial charge in [-0.15, -0.1) is 5.11 Å². The van der Waals surface area contributed by atoms with Crippen molar-refractivity contribution in [1.29, 1.82) is 0 Å². The van der Waals surface area contributed by atoms with Gasteiger partial charge in [0.05, 0.1) is 6.10 Å². The van der Waals surface area contributed by atoms with Crippen LogP contribution in [0.25, 0.3) is 0 Å². The predicted octanol–water partition coefficient (Wildman–Crippen LogP) is 2.00. The maximum atomic E-state index is 10.5. The first-order valence-corrected chi connectivity index (χ1v) is 11.4. The number of amides is 2. The van der Waals surface area contributed by atoms with Crippen LogP contribution in [-0.2, 0) is 10.1 Å². The first-order chi connectivity index (χ1) is 15.8. The number of fused-ring (bicyclic) bond motifs is 1. The van der Waals surface area contributed by atoms with Gasteiger partial charge >= 0.3 is 6.03 Å². The fourth-order valence-electron chi connectivity index (χ4n) is 2.78. The van der Waals surface area contributed by atoms with E-state index >= 15 is 0 Å². The minimum Gasteiger partial charge on any atom is -0.508 e. The quantitative estimate of drug-likeness (QED) is 0.184. The number of benzene rings is 2. The monoisotopic (exact) mass is 499 g/mol. The summed E-state index contributed by atoms with van der Waals surface area (Å²) in [5, 5.41) is 46.9. The molecule has 14 heteroatoms. The molecule has 34 heavy (non-hydrogen) atoms. The van der Waals surface area contributed by atoms with Crippen molar-refractivity contribution in [1.82, 2.24) is 5.32 Å². The first kappa shape index (κ1) is 28.6. The maximum absolute atomic E-state index is 10.5. The number of anilines is 1. The lowest BCUT2D eigenvalue weighted by Crippen LogP contribution is -2.14. The number of carbonyl (C=O) groups is 1. The number of nitrogens with one attached hydrogen (secondary N) is 1. The number of aliphatic hydroxyl groups is 1. The summed E-state index contributed by atoms with van der Waals surface area (Å²) in [5.41, 5.74) is 6.29. The van der Waals surface area contributed by atoms with E-state index in [4.69, 9.17) is 20.5 Å². The molecule has 3 rings (SSSR count). The molecule has 0 saturated heterocycles. The van der Waals surface area contributed by atoms with E-state index in [2.05, 4.69) is 29.4 Å². The largest absolute Gasteiger partial charge is 0.508 e. The second-order valence-electron chi connectivity index (χ2n) is 6.92. The van der Waals surface area contributed by atoms with Gasteiger partial charge in [0.1, 0.15) is 27.8 Å². The lowest BCUT2D eigenvalue weighted by Gasteiger charge is -2.11. The average Bonchev–Trinajstić information content (AvgIpc) is 3.01. The molecule has 0 bridgehead atoms. The normalized spacial score (nSPS) is 14.6. The van der Waals surface area contributed by atoms with Gasteiger partial charge in [-0.2, -0.15) is 8.42 Å². The highest BCUT2D eigenvalue weighted by molar-refractivity contribution is 7.86. The third-order valence-corrected chi connectivity index (χ3v) is 5.20. The molecule has 2 aromatic carbocycles. The third kappa shape index (κ3) is 8.47. The maximum Gasteiger partial charge on any atom is 0.356 e. The van der Waals surface area contributed by atoms with Crippen LogP contribution in [0.15, 0.2) is 45.5 Å². The van der Waals surface area contributed by atoms with E-state index in [-0.39, 0.29) is 17.2 Å². The van der Waals surface area contributed by atoms with Gasteiger partial charge in [0.25, 0.3) is 10.1 Å². The number of hydrogen-bond donors (Lipinski definition) is 7. The van der Waals surface area contributed by atoms with Crippen molar-refractivity contribution < 1.29 is 38.2 Å². The Morgan fingerprint density at radius 1 is 1.15 bits per heavy atom. The Bertz CT molecular complexity index is 1120. The first-order valence-electron chi connectivity index (χ1n) is 9.99. The number of nitrogens with zero attached hydrogens (tertiary/aromatic N) is 3. The second kappa shape index (κ2) is 12.7. The number of hydrogen-bond acceptors (Lipinski definition) is 10. The van der Waals surface area contributed by atoms with Crippen LogP contribution in [0, 0.1) is 0 Å². The zero-order valence-electron chi connectivity index (χ0n) is 18.9. The van der Waals surface area contributed by atoms with Crippen molar-refractivity contribution in [2.45, 2.75) is 24.8 Å². The number of phenolic OH excluding ortho intramolecular Hbond substituents is 3. The molecule has 2 aromatic rings. The summed E-state index contributed by atoms with van der Waals surface area (Å²) in [6, 6.07) is 4.85. The van der Waals surface area contributed by atoms with Crippen LogP contribution in [0.3, 0.4) is 0 Å². The molecule has 1 aliphatic rings. The van der Waals surface area contributed by atoms with Gasteiger partial charge in [0.15, 0.2) is 0 Å². The van der Waals surface area contributed by atoms with Crippen LogP contribution in [-0.4, -0.2) is 66.1 Å². The number of aromatic hydroxyl groups is 3. The molecule has 8 N–H and O–H groups in total. The molecule has 0 aromatic heterocycles. The van der Waals surface area contributed by atoms with Crippen LogP contribution in [0.4, 0.5) is 16.2 Å². The van der Waals surface area contributed by atoms with Gasteiger partial charge in [-0.3, -0.25) is 4.55 Å². The number of aliphatic hydroxyl groups excluding tert-OH is 1. The fourth-order valence-corrected chi connectivity index (χ4v) is 3.38. The van der Waals surface area contributed by atoms with Crippen molar-refractivity contribution in [3.8, 4) is 17.2 Å². The van der Waals surface area contributed by atoms with E-state index < -0.39 is 32.9 Å². The Balaban J connectivity index is 0.000000296. The van der Waals surface area contributed by atoms with Gasteiger partial charge in [-0.25, -0.2) is 4.79 Å². The summed E-state index contributed by atoms with van der Waals surface area (Å²) < 4.78 is 29.5. The molecule has 1 unspecified atom stereocenters. The van der Waals surface area contributed by atoms with Gasteiger partial charge in [0.2, 0.25) is 0 Å². The van der Waals surface area contributed by atoms with Crippen molar-refractivity contribution in [3.05, 3.63) is 35.9 Å². The number of nitrogens with two attached hydrogens (primary N) is 1. The fraction of sp³-hybridized carbons (Fsp3) is 0.350. The highest BCUT2D eigenvalue weighted by Gasteiger charge is 2.26. The van der Waals surface area contributed by atoms with Gasteiger partial charge in [-0.1, -0.05) is 19.0 Å². The summed E-state index contributed by atoms with van der Waals surface area (Å²) in [5.74, 6) is -1.06. The van der Waals surface area contributed by atoms with Gasteiger partial charge in [0, 0.05) is 37.0 Å². The Morgan fingerprint density at radius 2 is 1.76 bits per heavy atom. The van der Waals surface area contributed by atoms with E-state index in [9.17, 15) is 23.4 Å². The second-order valence-corrected chi connectivity index (χ2v) is 8.31. The van der Waals surface area contributed by atoms with Gasteiger partial charge in [-0.05, 0) is 31.3 Å². The lowest BCUT2D eigenvalue weighted by molar-refractivity contribution is 0.195. The molecule has 2 amide bonds. The summed E-state index contributed by atoms with van der Waals surface area (Å²) in [6.45, 7) is 6.84. The number of carbonyl (C=O) groups excluding carboxylic acids is 1. The van der Waals surface area contributed by atoms with Crippen LogP contribution in [0.2, 0.25) is 0 Å². The lowest BCUT2D eigenvalue weighted by atomic mass is 10.1. The molecule has 0 spiro atoms. The summed E-state index contributed by atoms with van der Waals surface area (Å²) in [7, 11) is -2.66. The number of urea groups is 1. The molecule has 0 aliphatic carbocycles. The van der Waals surface area contributed by atoms with Crippen LogP contribution in [0.1, 0.15) is 25.5 Å². The Hall–Kier alpha value is -3.46. The topological polar surface area (TPSA) is 218 Å². The smallest absolute Gasteiger partial charge is 0.356 e. The van der Waals surface area contributed by atoms with Crippen molar-refractivity contribution in [3.63, 3.8) is 0 Å². The summed E-state index contributed by atoms with van der Waals surface area (Å²) >= 11 is 0. The number of rotatable bonds is 4. The van der Waals surface area contributed by atoms with E-state index in [0.717, 1.165) is 37.0 Å². The molecule has 0 radical (unpaired) electrons. The minimum atomic E-state index is -4.47. The molecule has 0 fully saturated rings. The number of β-amino-alcohol motifs (C(OH)–C–C–N with tert-alkyl or cyclic N) is 1. The molecule has 0 saturated carbocycles. The Morgan fingerprint density at radius 3 is 2.24 bits per heavy atom. The number of likely N-dealkylation sites (N-methyl/N-ethyl adjacent to an activating group) is 1. The van der Waals surface area contributed by atoms with Crippen molar-refractivity contribution in [2.24, 2.45) is 16.0 Å². The standard InChI is InChI=1S/C10H12N4O3.C6H6O5S.C4H11N/c1-14-4-9(16)5-2-6(12-13-10(11)17)8(15)3-7(5)14;7-4-1-2-5(8)6(3-4)12(9,10)11;1-3-5-4-2/h2-3,9,15-16H,4H2,1H3,(H2,11,17);1-3,7-8H,(H,9,10,11);5H,3-4H2,1-2H3. The van der Waals surface area contributed by atoms with Crippen molar-refractivity contribution >= 4 is 27.5 Å². The highest BCUT2D eigenvalue weighted by Crippen LogP contribution is 2.41. The van der Waals surface area contributed by atoms with E-state index in [1.165, 1.54) is 12.1 Å². The molecule has 1 aliphatic heterocycles. The molecule has 1 atom stereocenters. The minimum absolute atomic E-state index is 0.108. The molecule has 188 valence electrons. The average molecular weight is 500 g/mol. The zero-order chi connectivity index (χ0) is 26.1. The van der Waals surface area contributed by atoms with Crippen LogP contribution in [0.5, 0.6) is 17.2 Å². The Kier molecular flexibility index (Phi) is 10.7. The SMILES string of the molecule is CCNCC.CN1CC(O)c2cc(N=NC(N)=O)c(O)cc21.O=S(=O)(O)c1cc(O)ccc1O. The summed E-state index contributed by atoms with van der Waals surface area (Å²) in [6.07, 6.45) is -0.641. The van der Waals surface area contributed by atoms with Crippen molar-refractivity contribution in [2.75, 3.05) is 31.6 Å². The Labute approximate surface area is 196 Å². The molecule has 1 heterocycles. The van der Waals surface area contributed by atoms with E-state index in [1.54, 1.807) is 7.05 Å². The van der Waals surface area contributed by atoms with Crippen LogP contribution < -0.4 is 16.0 Å². The number of primary amides is 1. The predicted molar refractivity (Wildman–Crippen MR) is 124 cm³/mol. The number of phenols is 3. The molecular formula is C20H29N5O8S. The van der Waals surface area contributed by atoms with E-state index in [1.807, 2.05) is 4.90 Å². The number of azo groups is 1. The molecular weight excluding hydrogens is 470 g/mol.